The molecule has 0 atom stereocenters. The number of rotatable bonds is 4. The van der Waals surface area contributed by atoms with Crippen LogP contribution in [0.3, 0.4) is 0 Å². The fourth-order valence-electron chi connectivity index (χ4n) is 2.93. The third-order valence-corrected chi connectivity index (χ3v) is 5.91. The van der Waals surface area contributed by atoms with Crippen LogP contribution in [0, 0.1) is 10.1 Å². The monoisotopic (exact) mass is 431 g/mol. The van der Waals surface area contributed by atoms with Gasteiger partial charge < -0.3 is 0 Å². The first-order valence-corrected chi connectivity index (χ1v) is 9.73. The topological polar surface area (TPSA) is 78.0 Å². The first-order valence-electron chi connectivity index (χ1n) is 8.10. The molecule has 2 heterocycles. The molecule has 4 rings (SSSR count). The van der Waals surface area contributed by atoms with E-state index in [9.17, 15) is 14.9 Å². The molecule has 9 heteroatoms. The summed E-state index contributed by atoms with van der Waals surface area (Å²) in [6, 6.07) is 11.3. The Labute approximate surface area is 172 Å². The lowest BCUT2D eigenvalue weighted by molar-refractivity contribution is -0.384. The Kier molecular flexibility index (Phi) is 4.89. The van der Waals surface area contributed by atoms with Crippen LogP contribution in [0.1, 0.15) is 5.56 Å². The molecule has 0 amide bonds. The lowest BCUT2D eigenvalue weighted by Crippen LogP contribution is -2.21. The van der Waals surface area contributed by atoms with Crippen molar-refractivity contribution in [2.24, 2.45) is 0 Å². The lowest BCUT2D eigenvalue weighted by atomic mass is 10.1. The molecular weight excluding hydrogens is 421 g/mol. The van der Waals surface area contributed by atoms with Gasteiger partial charge in [0.25, 0.3) is 11.2 Å². The van der Waals surface area contributed by atoms with Crippen molar-refractivity contribution in [2.45, 2.75) is 6.54 Å². The molecule has 0 saturated heterocycles. The van der Waals surface area contributed by atoms with Crippen LogP contribution in [-0.4, -0.2) is 14.5 Å². The molecule has 2 aromatic carbocycles. The number of aromatic nitrogens is 2. The van der Waals surface area contributed by atoms with E-state index in [-0.39, 0.29) is 17.8 Å². The molecule has 0 spiro atoms. The Morgan fingerprint density at radius 1 is 1.14 bits per heavy atom. The maximum atomic E-state index is 13.1. The molecule has 4 aromatic rings. The van der Waals surface area contributed by atoms with Crippen molar-refractivity contribution in [2.75, 3.05) is 0 Å². The number of halogens is 2. The van der Waals surface area contributed by atoms with Crippen molar-refractivity contribution in [3.8, 4) is 11.1 Å². The van der Waals surface area contributed by atoms with Gasteiger partial charge in [0, 0.05) is 38.7 Å². The van der Waals surface area contributed by atoms with Crippen LogP contribution in [0.25, 0.3) is 21.3 Å². The van der Waals surface area contributed by atoms with Gasteiger partial charge in [0.05, 0.1) is 23.2 Å². The molecule has 6 nitrogen and oxygen atoms in total. The van der Waals surface area contributed by atoms with Gasteiger partial charge in [0.2, 0.25) is 0 Å². The van der Waals surface area contributed by atoms with Gasteiger partial charge in [-0.2, -0.15) is 0 Å². The summed E-state index contributed by atoms with van der Waals surface area (Å²) in [5.74, 6) is 0. The highest BCUT2D eigenvalue weighted by molar-refractivity contribution is 7.17. The number of hydrogen-bond acceptors (Lipinski definition) is 5. The molecule has 0 saturated carbocycles. The van der Waals surface area contributed by atoms with Gasteiger partial charge in [-0.05, 0) is 17.7 Å². The van der Waals surface area contributed by atoms with Crippen molar-refractivity contribution in [3.05, 3.63) is 90.2 Å². The van der Waals surface area contributed by atoms with Gasteiger partial charge in [0.1, 0.15) is 4.83 Å². The summed E-state index contributed by atoms with van der Waals surface area (Å²) in [5.41, 5.74) is 1.53. The number of hydrogen-bond donors (Lipinski definition) is 0. The summed E-state index contributed by atoms with van der Waals surface area (Å²) in [7, 11) is 0. The standard InChI is InChI=1S/C19H11Cl2N3O3S/c20-15-5-2-6-16(21)13(15)8-23-10-22-18-17(19(23)25)14(9-28-18)11-3-1-4-12(7-11)24(26)27/h1-7,9-10H,8H2. The van der Waals surface area contributed by atoms with E-state index in [0.717, 1.165) is 0 Å². The molecule has 2 aromatic heterocycles. The van der Waals surface area contributed by atoms with Gasteiger partial charge >= 0.3 is 0 Å². The predicted octanol–water partition coefficient (Wildman–Crippen LogP) is 5.39. The van der Waals surface area contributed by atoms with E-state index >= 15 is 0 Å². The minimum atomic E-state index is -0.464. The zero-order valence-corrected chi connectivity index (χ0v) is 16.5. The summed E-state index contributed by atoms with van der Waals surface area (Å²) in [5, 5.41) is 14.2. The largest absolute Gasteiger partial charge is 0.294 e. The minimum absolute atomic E-state index is 0.0380. The van der Waals surface area contributed by atoms with Crippen LogP contribution in [0.5, 0.6) is 0 Å². The maximum Gasteiger partial charge on any atom is 0.270 e. The molecule has 0 fully saturated rings. The number of non-ortho nitro benzene ring substituents is 1. The molecule has 0 aliphatic rings. The summed E-state index contributed by atoms with van der Waals surface area (Å²) in [4.78, 5) is 28.7. The van der Waals surface area contributed by atoms with E-state index < -0.39 is 4.92 Å². The fourth-order valence-corrected chi connectivity index (χ4v) is 4.36. The molecule has 0 bridgehead atoms. The van der Waals surface area contributed by atoms with E-state index in [2.05, 4.69) is 4.98 Å². The van der Waals surface area contributed by atoms with E-state index in [1.807, 2.05) is 0 Å². The Morgan fingerprint density at radius 2 is 1.86 bits per heavy atom. The van der Waals surface area contributed by atoms with Gasteiger partial charge in [-0.1, -0.05) is 41.4 Å². The lowest BCUT2D eigenvalue weighted by Gasteiger charge is -2.09. The normalized spacial score (nSPS) is 11.1. The quantitative estimate of drug-likeness (QED) is 0.320. The molecule has 28 heavy (non-hydrogen) atoms. The van der Waals surface area contributed by atoms with Gasteiger partial charge in [-0.25, -0.2) is 4.98 Å². The van der Waals surface area contributed by atoms with Gasteiger partial charge in [-0.15, -0.1) is 11.3 Å². The second-order valence-electron chi connectivity index (χ2n) is 6.01. The van der Waals surface area contributed by atoms with Crippen LogP contribution in [0.15, 0.2) is 59.0 Å². The van der Waals surface area contributed by atoms with Crippen LogP contribution < -0.4 is 5.56 Å². The first kappa shape index (κ1) is 18.6. The van der Waals surface area contributed by atoms with Crippen molar-refractivity contribution < 1.29 is 4.92 Å². The second kappa shape index (κ2) is 7.35. The summed E-state index contributed by atoms with van der Waals surface area (Å²) in [6.45, 7) is 0.171. The highest BCUT2D eigenvalue weighted by Crippen LogP contribution is 2.32. The van der Waals surface area contributed by atoms with Crippen molar-refractivity contribution in [3.63, 3.8) is 0 Å². The predicted molar refractivity (Wildman–Crippen MR) is 112 cm³/mol. The number of fused-ring (bicyclic) bond motifs is 1. The highest BCUT2D eigenvalue weighted by Gasteiger charge is 2.16. The maximum absolute atomic E-state index is 13.1. The Bertz CT molecular complexity index is 1260. The SMILES string of the molecule is O=c1c2c(-c3cccc([N+](=O)[O-])c3)csc2ncn1Cc1c(Cl)cccc1Cl. The summed E-state index contributed by atoms with van der Waals surface area (Å²) in [6.07, 6.45) is 1.46. The molecule has 0 radical (unpaired) electrons. The van der Waals surface area contributed by atoms with Gasteiger partial charge in [-0.3, -0.25) is 19.5 Å². The third kappa shape index (κ3) is 3.28. The Morgan fingerprint density at radius 3 is 2.57 bits per heavy atom. The van der Waals surface area contributed by atoms with Crippen LogP contribution >= 0.6 is 34.5 Å². The molecule has 0 aliphatic heterocycles. The molecule has 0 aliphatic carbocycles. The zero-order valence-electron chi connectivity index (χ0n) is 14.1. The number of nitro groups is 1. The third-order valence-electron chi connectivity index (χ3n) is 4.32. The van der Waals surface area contributed by atoms with Crippen molar-refractivity contribution >= 4 is 50.4 Å². The summed E-state index contributed by atoms with van der Waals surface area (Å²) >= 11 is 13.8. The fraction of sp³-hybridized carbons (Fsp3) is 0.0526. The molecular formula is C19H11Cl2N3O3S. The second-order valence-corrected chi connectivity index (χ2v) is 7.69. The van der Waals surface area contributed by atoms with Crippen molar-refractivity contribution in [1.29, 1.82) is 0 Å². The van der Waals surface area contributed by atoms with Crippen molar-refractivity contribution in [1.82, 2.24) is 9.55 Å². The van der Waals surface area contributed by atoms with Gasteiger partial charge in [0.15, 0.2) is 0 Å². The number of benzene rings is 2. The average Bonchev–Trinajstić information content (AvgIpc) is 3.11. The molecule has 140 valence electrons. The van der Waals surface area contributed by atoms with Crippen LogP contribution in [-0.2, 0) is 6.54 Å². The molecule has 0 unspecified atom stereocenters. The van der Waals surface area contributed by atoms with E-state index in [1.165, 1.54) is 34.4 Å². The number of thiophene rings is 1. The van der Waals surface area contributed by atoms with E-state index in [0.29, 0.717) is 37.0 Å². The number of nitrogens with zero attached hydrogens (tertiary/aromatic N) is 3. The molecule has 0 N–H and O–H groups in total. The van der Waals surface area contributed by atoms with Crippen LogP contribution in [0.2, 0.25) is 10.0 Å². The minimum Gasteiger partial charge on any atom is -0.294 e. The van der Waals surface area contributed by atoms with Crippen LogP contribution in [0.4, 0.5) is 5.69 Å². The first-order chi connectivity index (χ1) is 13.5. The Balaban J connectivity index is 1.86. The average molecular weight is 432 g/mol. The Hall–Kier alpha value is -2.74. The smallest absolute Gasteiger partial charge is 0.270 e. The summed E-state index contributed by atoms with van der Waals surface area (Å²) < 4.78 is 1.43. The van der Waals surface area contributed by atoms with E-state index in [4.69, 9.17) is 23.2 Å². The highest BCUT2D eigenvalue weighted by atomic mass is 35.5. The zero-order chi connectivity index (χ0) is 19.8. The van der Waals surface area contributed by atoms with E-state index in [1.54, 1.807) is 35.7 Å². The number of nitro benzene ring substituents is 1.